The third kappa shape index (κ3) is 3.51. The molecule has 0 saturated carbocycles. The molecular formula is C14H20N2S. The lowest BCUT2D eigenvalue weighted by atomic mass is 10.1. The number of hydrogen-bond acceptors (Lipinski definition) is 3. The van der Waals surface area contributed by atoms with Crippen molar-refractivity contribution in [3.8, 4) is 0 Å². The van der Waals surface area contributed by atoms with Crippen LogP contribution in [0.2, 0.25) is 0 Å². The number of nitrogens with zero attached hydrogens (tertiary/aromatic N) is 1. The molecule has 2 nitrogen and oxygen atoms in total. The first-order chi connectivity index (χ1) is 8.29. The summed E-state index contributed by atoms with van der Waals surface area (Å²) in [4.78, 5) is 4.67. The van der Waals surface area contributed by atoms with Gasteiger partial charge in [0.1, 0.15) is 0 Å². The molecule has 1 unspecified atom stereocenters. The zero-order chi connectivity index (χ0) is 12.1. The van der Waals surface area contributed by atoms with E-state index in [2.05, 4.69) is 48.4 Å². The Hall–Kier alpha value is -0.930. The summed E-state index contributed by atoms with van der Waals surface area (Å²) < 4.78 is 1.30. The molecule has 92 valence electrons. The van der Waals surface area contributed by atoms with Gasteiger partial charge < -0.3 is 5.32 Å². The minimum atomic E-state index is 0.655. The van der Waals surface area contributed by atoms with Crippen LogP contribution in [0.3, 0.4) is 0 Å². The number of benzene rings is 1. The van der Waals surface area contributed by atoms with Crippen LogP contribution in [-0.2, 0) is 6.42 Å². The van der Waals surface area contributed by atoms with Gasteiger partial charge in [0.2, 0.25) is 0 Å². The number of aromatic nitrogens is 1. The van der Waals surface area contributed by atoms with E-state index in [-0.39, 0.29) is 0 Å². The maximum atomic E-state index is 4.67. The lowest BCUT2D eigenvalue weighted by Gasteiger charge is -2.09. The highest BCUT2D eigenvalue weighted by Crippen LogP contribution is 2.23. The summed E-state index contributed by atoms with van der Waals surface area (Å²) in [6.45, 7) is 6.69. The van der Waals surface area contributed by atoms with Crippen LogP contribution in [0.1, 0.15) is 25.3 Å². The van der Waals surface area contributed by atoms with Gasteiger partial charge in [-0.25, -0.2) is 4.98 Å². The van der Waals surface area contributed by atoms with E-state index in [4.69, 9.17) is 0 Å². The molecule has 1 heterocycles. The molecule has 2 rings (SSSR count). The average molecular weight is 248 g/mol. The number of hydrogen-bond donors (Lipinski definition) is 1. The summed E-state index contributed by atoms with van der Waals surface area (Å²) in [5.74, 6) is 0.655. The molecule has 0 amide bonds. The Morgan fingerprint density at radius 3 is 2.94 bits per heavy atom. The summed E-state index contributed by atoms with van der Waals surface area (Å²) in [5, 5.41) is 4.73. The Kier molecular flexibility index (Phi) is 4.51. The van der Waals surface area contributed by atoms with Crippen molar-refractivity contribution in [2.45, 2.75) is 26.7 Å². The van der Waals surface area contributed by atoms with Crippen LogP contribution in [0.25, 0.3) is 10.2 Å². The number of rotatable bonds is 6. The summed E-state index contributed by atoms with van der Waals surface area (Å²) in [7, 11) is 0. The highest BCUT2D eigenvalue weighted by molar-refractivity contribution is 7.18. The molecule has 0 aliphatic heterocycles. The van der Waals surface area contributed by atoms with Gasteiger partial charge in [-0.15, -0.1) is 11.3 Å². The van der Waals surface area contributed by atoms with Gasteiger partial charge in [-0.05, 0) is 37.6 Å². The Morgan fingerprint density at radius 1 is 1.35 bits per heavy atom. The van der Waals surface area contributed by atoms with Crippen LogP contribution in [0.4, 0.5) is 0 Å². The molecule has 2 aromatic rings. The zero-order valence-corrected chi connectivity index (χ0v) is 11.4. The minimum Gasteiger partial charge on any atom is -0.316 e. The number of thiazole rings is 1. The Balaban J connectivity index is 1.93. The fourth-order valence-corrected chi connectivity index (χ4v) is 3.03. The smallest absolute Gasteiger partial charge is 0.0941 e. The topological polar surface area (TPSA) is 24.9 Å². The van der Waals surface area contributed by atoms with Crippen molar-refractivity contribution in [2.24, 2.45) is 5.92 Å². The Bertz CT molecular complexity index is 431. The highest BCUT2D eigenvalue weighted by atomic mass is 32.1. The van der Waals surface area contributed by atoms with E-state index < -0.39 is 0 Å². The molecule has 1 aromatic carbocycles. The first kappa shape index (κ1) is 12.5. The first-order valence-electron chi connectivity index (χ1n) is 6.34. The van der Waals surface area contributed by atoms with Crippen LogP contribution in [0, 0.1) is 5.92 Å². The van der Waals surface area contributed by atoms with Crippen molar-refractivity contribution in [3.63, 3.8) is 0 Å². The van der Waals surface area contributed by atoms with Crippen molar-refractivity contribution in [1.29, 1.82) is 0 Å². The molecule has 1 aromatic heterocycles. The second-order valence-electron chi connectivity index (χ2n) is 4.59. The number of nitrogens with one attached hydrogen (secondary N) is 1. The van der Waals surface area contributed by atoms with Crippen LogP contribution in [0.15, 0.2) is 24.3 Å². The predicted molar refractivity (Wildman–Crippen MR) is 75.6 cm³/mol. The third-order valence-electron chi connectivity index (χ3n) is 2.78. The molecule has 0 aliphatic carbocycles. The minimum absolute atomic E-state index is 0.655. The van der Waals surface area contributed by atoms with E-state index in [9.17, 15) is 0 Å². The van der Waals surface area contributed by atoms with Crippen LogP contribution in [-0.4, -0.2) is 18.1 Å². The average Bonchev–Trinajstić information content (AvgIpc) is 2.71. The summed E-state index contributed by atoms with van der Waals surface area (Å²) in [5.41, 5.74) is 1.14. The summed E-state index contributed by atoms with van der Waals surface area (Å²) in [6, 6.07) is 8.38. The maximum absolute atomic E-state index is 4.67. The van der Waals surface area contributed by atoms with Gasteiger partial charge in [0, 0.05) is 6.42 Å². The Labute approximate surface area is 107 Å². The monoisotopic (exact) mass is 248 g/mol. The fraction of sp³-hybridized carbons (Fsp3) is 0.500. The molecule has 0 aliphatic rings. The molecule has 0 bridgehead atoms. The Morgan fingerprint density at radius 2 is 2.18 bits per heavy atom. The molecule has 0 saturated heterocycles. The van der Waals surface area contributed by atoms with Gasteiger partial charge in [0.25, 0.3) is 0 Å². The van der Waals surface area contributed by atoms with Gasteiger partial charge in [-0.3, -0.25) is 0 Å². The SMILES string of the molecule is CCCNCC(C)Cc1nc2ccccc2s1. The molecular weight excluding hydrogens is 228 g/mol. The van der Waals surface area contributed by atoms with Crippen molar-refractivity contribution < 1.29 is 0 Å². The lowest BCUT2D eigenvalue weighted by molar-refractivity contribution is 0.510. The van der Waals surface area contributed by atoms with E-state index in [1.165, 1.54) is 16.1 Å². The van der Waals surface area contributed by atoms with Gasteiger partial charge in [0.15, 0.2) is 0 Å². The lowest BCUT2D eigenvalue weighted by Crippen LogP contribution is -2.23. The predicted octanol–water partition coefficient (Wildman–Crippen LogP) is 3.47. The van der Waals surface area contributed by atoms with E-state index >= 15 is 0 Å². The molecule has 0 fully saturated rings. The normalized spacial score (nSPS) is 13.1. The number of para-hydroxylation sites is 1. The summed E-state index contributed by atoms with van der Waals surface area (Å²) in [6.07, 6.45) is 2.28. The van der Waals surface area contributed by atoms with E-state index in [0.29, 0.717) is 5.92 Å². The van der Waals surface area contributed by atoms with Gasteiger partial charge in [-0.2, -0.15) is 0 Å². The first-order valence-corrected chi connectivity index (χ1v) is 7.16. The molecule has 1 atom stereocenters. The van der Waals surface area contributed by atoms with Crippen molar-refractivity contribution in [1.82, 2.24) is 10.3 Å². The maximum Gasteiger partial charge on any atom is 0.0941 e. The van der Waals surface area contributed by atoms with Crippen molar-refractivity contribution >= 4 is 21.6 Å². The molecule has 0 radical (unpaired) electrons. The van der Waals surface area contributed by atoms with Crippen molar-refractivity contribution in [2.75, 3.05) is 13.1 Å². The molecule has 1 N–H and O–H groups in total. The van der Waals surface area contributed by atoms with E-state index in [0.717, 1.165) is 25.0 Å². The quantitative estimate of drug-likeness (QED) is 0.792. The molecule has 0 spiro atoms. The summed E-state index contributed by atoms with van der Waals surface area (Å²) >= 11 is 1.83. The largest absolute Gasteiger partial charge is 0.316 e. The van der Waals surface area contributed by atoms with Gasteiger partial charge in [0.05, 0.1) is 15.2 Å². The molecule has 3 heteroatoms. The second-order valence-corrected chi connectivity index (χ2v) is 5.70. The van der Waals surface area contributed by atoms with Crippen LogP contribution >= 0.6 is 11.3 Å². The van der Waals surface area contributed by atoms with E-state index in [1.807, 2.05) is 11.3 Å². The second kappa shape index (κ2) is 6.12. The molecule has 17 heavy (non-hydrogen) atoms. The van der Waals surface area contributed by atoms with Gasteiger partial charge in [-0.1, -0.05) is 26.0 Å². The van der Waals surface area contributed by atoms with Crippen LogP contribution in [0.5, 0.6) is 0 Å². The van der Waals surface area contributed by atoms with E-state index in [1.54, 1.807) is 0 Å². The zero-order valence-electron chi connectivity index (χ0n) is 10.6. The fourth-order valence-electron chi connectivity index (χ4n) is 1.90. The van der Waals surface area contributed by atoms with Crippen LogP contribution < -0.4 is 5.32 Å². The number of fused-ring (bicyclic) bond motifs is 1. The third-order valence-corrected chi connectivity index (χ3v) is 3.84. The highest BCUT2D eigenvalue weighted by Gasteiger charge is 2.07. The standard InChI is InChI=1S/C14H20N2S/c1-3-8-15-10-11(2)9-14-16-12-6-4-5-7-13(12)17-14/h4-7,11,15H,3,8-10H2,1-2H3. The van der Waals surface area contributed by atoms with Gasteiger partial charge >= 0.3 is 0 Å². The van der Waals surface area contributed by atoms with Crippen molar-refractivity contribution in [3.05, 3.63) is 29.3 Å².